The molecule has 110 valence electrons. The number of nitrogens with one attached hydrogen (secondary N) is 1. The summed E-state index contributed by atoms with van der Waals surface area (Å²) in [4.78, 5) is 0. The summed E-state index contributed by atoms with van der Waals surface area (Å²) in [6.07, 6.45) is 3.93. The van der Waals surface area contributed by atoms with Gasteiger partial charge in [-0.2, -0.15) is 0 Å². The van der Waals surface area contributed by atoms with Gasteiger partial charge in [0.15, 0.2) is 0 Å². The maximum Gasteiger partial charge on any atom is 0.0725 e. The summed E-state index contributed by atoms with van der Waals surface area (Å²) in [5, 5.41) is 0.703. The second kappa shape index (κ2) is 6.49. The Labute approximate surface area is 138 Å². The van der Waals surface area contributed by atoms with Gasteiger partial charge in [-0.3, -0.25) is 5.84 Å². The molecule has 1 aliphatic rings. The van der Waals surface area contributed by atoms with E-state index in [1.165, 1.54) is 24.8 Å². The van der Waals surface area contributed by atoms with Crippen molar-refractivity contribution in [3.8, 4) is 0 Å². The van der Waals surface area contributed by atoms with Gasteiger partial charge < -0.3 is 0 Å². The van der Waals surface area contributed by atoms with Gasteiger partial charge in [-0.25, -0.2) is 5.43 Å². The van der Waals surface area contributed by atoms with Crippen LogP contribution in [0.1, 0.15) is 47.9 Å². The Balaban J connectivity index is 1.97. The van der Waals surface area contributed by atoms with Crippen molar-refractivity contribution in [2.45, 2.75) is 31.2 Å². The molecule has 2 nitrogen and oxygen atoms in total. The zero-order chi connectivity index (χ0) is 14.8. The molecule has 1 fully saturated rings. The number of benzene rings is 2. The molecule has 1 unspecified atom stereocenters. The van der Waals surface area contributed by atoms with Crippen LogP contribution in [0, 0.1) is 0 Å². The zero-order valence-corrected chi connectivity index (χ0v) is 14.0. The summed E-state index contributed by atoms with van der Waals surface area (Å²) in [7, 11) is 0. The lowest BCUT2D eigenvalue weighted by Crippen LogP contribution is -2.29. The summed E-state index contributed by atoms with van der Waals surface area (Å²) >= 11 is 9.89. The van der Waals surface area contributed by atoms with Crippen LogP contribution in [-0.4, -0.2) is 0 Å². The average molecular weight is 366 g/mol. The topological polar surface area (TPSA) is 38.0 Å². The Kier molecular flexibility index (Phi) is 4.65. The van der Waals surface area contributed by atoms with Gasteiger partial charge in [0.1, 0.15) is 0 Å². The number of halogens is 2. The molecule has 0 radical (unpaired) electrons. The van der Waals surface area contributed by atoms with Crippen molar-refractivity contribution < 1.29 is 0 Å². The summed E-state index contributed by atoms with van der Waals surface area (Å²) in [5.41, 5.74) is 6.45. The first-order valence-electron chi connectivity index (χ1n) is 7.20. The molecule has 0 spiro atoms. The van der Waals surface area contributed by atoms with Crippen LogP contribution in [-0.2, 0) is 0 Å². The van der Waals surface area contributed by atoms with Crippen LogP contribution in [0.2, 0.25) is 5.02 Å². The number of hydrogen-bond acceptors (Lipinski definition) is 2. The zero-order valence-electron chi connectivity index (χ0n) is 11.7. The molecule has 2 aromatic rings. The smallest absolute Gasteiger partial charge is 0.0725 e. The van der Waals surface area contributed by atoms with E-state index in [-0.39, 0.29) is 6.04 Å². The van der Waals surface area contributed by atoms with Crippen molar-refractivity contribution in [3.63, 3.8) is 0 Å². The molecular weight excluding hydrogens is 348 g/mol. The van der Waals surface area contributed by atoms with Crippen LogP contribution in [0.15, 0.2) is 46.9 Å². The predicted molar refractivity (Wildman–Crippen MR) is 91.4 cm³/mol. The molecule has 1 aliphatic carbocycles. The van der Waals surface area contributed by atoms with E-state index in [0.29, 0.717) is 10.9 Å². The maximum atomic E-state index is 6.41. The van der Waals surface area contributed by atoms with Crippen molar-refractivity contribution in [3.05, 3.63) is 68.7 Å². The fourth-order valence-corrected chi connectivity index (χ4v) is 3.46. The monoisotopic (exact) mass is 364 g/mol. The molecule has 1 atom stereocenters. The fourth-order valence-electron chi connectivity index (χ4n) is 2.84. The Bertz CT molecular complexity index is 640. The lowest BCUT2D eigenvalue weighted by atomic mass is 9.79. The van der Waals surface area contributed by atoms with E-state index in [0.717, 1.165) is 15.6 Å². The van der Waals surface area contributed by atoms with E-state index in [1.54, 1.807) is 0 Å². The van der Waals surface area contributed by atoms with Crippen LogP contribution >= 0.6 is 27.5 Å². The quantitative estimate of drug-likeness (QED) is 0.596. The third kappa shape index (κ3) is 3.02. The third-order valence-electron chi connectivity index (χ3n) is 4.28. The summed E-state index contributed by atoms with van der Waals surface area (Å²) in [6.45, 7) is 0. The summed E-state index contributed by atoms with van der Waals surface area (Å²) < 4.78 is 0.886. The van der Waals surface area contributed by atoms with E-state index in [2.05, 4.69) is 45.6 Å². The molecule has 4 heteroatoms. The van der Waals surface area contributed by atoms with E-state index in [4.69, 9.17) is 17.4 Å². The highest BCUT2D eigenvalue weighted by molar-refractivity contribution is 9.10. The lowest BCUT2D eigenvalue weighted by Gasteiger charge is -2.27. The van der Waals surface area contributed by atoms with E-state index in [9.17, 15) is 0 Å². The molecule has 0 aliphatic heterocycles. The molecule has 2 aromatic carbocycles. The molecule has 0 heterocycles. The average Bonchev–Trinajstić information content (AvgIpc) is 2.43. The first-order valence-corrected chi connectivity index (χ1v) is 8.37. The molecule has 0 bridgehead atoms. The van der Waals surface area contributed by atoms with Gasteiger partial charge in [-0.1, -0.05) is 54.4 Å². The van der Waals surface area contributed by atoms with Crippen LogP contribution in [0.25, 0.3) is 0 Å². The van der Waals surface area contributed by atoms with Crippen molar-refractivity contribution in [2.75, 3.05) is 0 Å². The number of hydrazine groups is 1. The second-order valence-electron chi connectivity index (χ2n) is 5.54. The minimum atomic E-state index is -0.102. The predicted octanol–water partition coefficient (Wildman–Crippen LogP) is 4.92. The maximum absolute atomic E-state index is 6.41. The largest absolute Gasteiger partial charge is 0.271 e. The molecule has 1 saturated carbocycles. The highest BCUT2D eigenvalue weighted by atomic mass is 79.9. The molecule has 0 aromatic heterocycles. The standard InChI is InChI=1S/C17H18BrClN2/c18-15-9-3-8-14(16(15)19)17(21-20)13-7-2-6-12(10-13)11-4-1-5-11/h2-3,6-11,17,21H,1,4-5,20H2. The van der Waals surface area contributed by atoms with Gasteiger partial charge in [0.05, 0.1) is 11.1 Å². The van der Waals surface area contributed by atoms with Crippen molar-refractivity contribution in [1.82, 2.24) is 5.43 Å². The molecule has 3 rings (SSSR count). The number of nitrogens with two attached hydrogens (primary N) is 1. The third-order valence-corrected chi connectivity index (χ3v) is 5.59. The Hall–Kier alpha value is -0.870. The van der Waals surface area contributed by atoms with Gasteiger partial charge >= 0.3 is 0 Å². The first-order chi connectivity index (χ1) is 10.2. The number of hydrogen-bond donors (Lipinski definition) is 2. The minimum absolute atomic E-state index is 0.102. The van der Waals surface area contributed by atoms with Crippen molar-refractivity contribution in [2.24, 2.45) is 5.84 Å². The molecule has 3 N–H and O–H groups in total. The summed E-state index contributed by atoms with van der Waals surface area (Å²) in [5.74, 6) is 6.51. The normalized spacial score (nSPS) is 16.5. The first kappa shape index (κ1) is 15.0. The minimum Gasteiger partial charge on any atom is -0.271 e. The highest BCUT2D eigenvalue weighted by Gasteiger charge is 2.22. The van der Waals surface area contributed by atoms with Crippen molar-refractivity contribution in [1.29, 1.82) is 0 Å². The van der Waals surface area contributed by atoms with Crippen LogP contribution in [0.3, 0.4) is 0 Å². The van der Waals surface area contributed by atoms with Crippen LogP contribution in [0.5, 0.6) is 0 Å². The molecule has 0 saturated heterocycles. The number of rotatable bonds is 4. The van der Waals surface area contributed by atoms with Crippen LogP contribution in [0.4, 0.5) is 0 Å². The Morgan fingerprint density at radius 3 is 2.62 bits per heavy atom. The van der Waals surface area contributed by atoms with Gasteiger partial charge in [0.2, 0.25) is 0 Å². The van der Waals surface area contributed by atoms with Gasteiger partial charge in [0, 0.05) is 4.47 Å². The van der Waals surface area contributed by atoms with Gasteiger partial charge in [-0.15, -0.1) is 0 Å². The van der Waals surface area contributed by atoms with E-state index in [1.807, 2.05) is 18.2 Å². The summed E-state index contributed by atoms with van der Waals surface area (Å²) in [6, 6.07) is 14.5. The SMILES string of the molecule is NNC(c1cccc(C2CCC2)c1)c1cccc(Br)c1Cl. The lowest BCUT2D eigenvalue weighted by molar-refractivity contribution is 0.419. The van der Waals surface area contributed by atoms with Gasteiger partial charge in [0.25, 0.3) is 0 Å². The van der Waals surface area contributed by atoms with Crippen molar-refractivity contribution >= 4 is 27.5 Å². The fraction of sp³-hybridized carbons (Fsp3) is 0.294. The van der Waals surface area contributed by atoms with E-state index < -0.39 is 0 Å². The highest BCUT2D eigenvalue weighted by Crippen LogP contribution is 2.38. The molecule has 0 amide bonds. The van der Waals surface area contributed by atoms with E-state index >= 15 is 0 Å². The second-order valence-corrected chi connectivity index (χ2v) is 6.77. The van der Waals surface area contributed by atoms with Gasteiger partial charge in [-0.05, 0) is 57.4 Å². The molecular formula is C17H18BrClN2. The Morgan fingerprint density at radius 2 is 1.95 bits per heavy atom. The molecule has 21 heavy (non-hydrogen) atoms. The Morgan fingerprint density at radius 1 is 1.19 bits per heavy atom. The van der Waals surface area contributed by atoms with Crippen LogP contribution < -0.4 is 11.3 Å².